The summed E-state index contributed by atoms with van der Waals surface area (Å²) in [6, 6.07) is 18.7. The summed E-state index contributed by atoms with van der Waals surface area (Å²) in [5.74, 6) is 0. The van der Waals surface area contributed by atoms with Gasteiger partial charge in [-0.05, 0) is 74.9 Å². The lowest BCUT2D eigenvalue weighted by molar-refractivity contribution is 0.590. The Morgan fingerprint density at radius 3 is 1.47 bits per heavy atom. The number of unbranched alkanes of at least 4 members (excludes halogenated alkanes) is 2. The minimum Gasteiger partial charge on any atom is -0.314 e. The van der Waals surface area contributed by atoms with Crippen molar-refractivity contribution in [2.45, 2.75) is 119 Å². The zero-order valence-corrected chi connectivity index (χ0v) is 34.1. The van der Waals surface area contributed by atoms with Crippen molar-refractivity contribution in [1.29, 1.82) is 0 Å². The molecule has 4 heterocycles. The summed E-state index contributed by atoms with van der Waals surface area (Å²) in [4.78, 5) is 33.8. The van der Waals surface area contributed by atoms with E-state index in [-0.39, 0.29) is 21.9 Å². The molecule has 0 amide bonds. The van der Waals surface area contributed by atoms with E-state index in [0.29, 0.717) is 17.3 Å². The summed E-state index contributed by atoms with van der Waals surface area (Å²) in [7, 11) is 0. The monoisotopic (exact) mass is 732 g/mol. The Kier molecular flexibility index (Phi) is 14.0. The molecule has 0 unspecified atom stereocenters. The van der Waals surface area contributed by atoms with Gasteiger partial charge in [-0.15, -0.1) is 0 Å². The highest BCUT2D eigenvalue weighted by atomic mass is 35.5. The number of aryl methyl sites for hydroxylation is 2. The molecule has 0 aliphatic rings. The van der Waals surface area contributed by atoms with E-state index in [1.165, 1.54) is 5.56 Å². The number of nitrogens with zero attached hydrogens (tertiary/aromatic N) is 4. The molecule has 0 aliphatic heterocycles. The molecular weight excluding hydrogens is 676 g/mol. The third-order valence-corrected chi connectivity index (χ3v) is 9.74. The molecule has 0 atom stereocenters. The molecule has 0 radical (unpaired) electrons. The van der Waals surface area contributed by atoms with Crippen LogP contribution in [0.4, 0.5) is 0 Å². The van der Waals surface area contributed by atoms with E-state index in [9.17, 15) is 9.59 Å². The molecule has 2 aromatic carbocycles. The van der Waals surface area contributed by atoms with Gasteiger partial charge in [-0.25, -0.2) is 0 Å². The summed E-state index contributed by atoms with van der Waals surface area (Å²) >= 11 is 6.59. The first kappa shape index (κ1) is 41.2. The van der Waals surface area contributed by atoms with Crippen LogP contribution in [0.1, 0.15) is 106 Å². The van der Waals surface area contributed by atoms with Gasteiger partial charge in [-0.2, -0.15) is 0 Å². The first-order valence-corrected chi connectivity index (χ1v) is 19.5. The Labute approximate surface area is 320 Å². The number of hydrogen-bond acceptors (Lipinski definition) is 4. The summed E-state index contributed by atoms with van der Waals surface area (Å²) < 4.78 is 3.63. The van der Waals surface area contributed by atoms with Crippen molar-refractivity contribution in [3.05, 3.63) is 129 Å². The van der Waals surface area contributed by atoms with Crippen molar-refractivity contribution in [1.82, 2.24) is 19.1 Å². The third-order valence-electron chi connectivity index (χ3n) is 9.43. The molecule has 6 rings (SSSR count). The molecule has 280 valence electrons. The second kappa shape index (κ2) is 18.0. The second-order valence-corrected chi connectivity index (χ2v) is 15.8. The highest BCUT2D eigenvalue weighted by molar-refractivity contribution is 6.31. The quantitative estimate of drug-likeness (QED) is 0.156. The van der Waals surface area contributed by atoms with Gasteiger partial charge in [-0.3, -0.25) is 19.6 Å². The predicted octanol–water partition coefficient (Wildman–Crippen LogP) is 12.0. The number of aromatic nitrogens is 4. The number of hydrogen-bond donors (Lipinski definition) is 0. The van der Waals surface area contributed by atoms with Gasteiger partial charge in [0.1, 0.15) is 0 Å². The number of rotatable bonds is 8. The van der Waals surface area contributed by atoms with Gasteiger partial charge in [0.25, 0.3) is 11.1 Å². The molecule has 4 aromatic heterocycles. The van der Waals surface area contributed by atoms with Crippen molar-refractivity contribution >= 4 is 33.1 Å². The van der Waals surface area contributed by atoms with Crippen molar-refractivity contribution in [2.75, 3.05) is 0 Å². The first-order chi connectivity index (χ1) is 25.2. The fourth-order valence-corrected chi connectivity index (χ4v) is 6.83. The van der Waals surface area contributed by atoms with Crippen LogP contribution in [0.3, 0.4) is 0 Å². The number of pyridine rings is 4. The average Bonchev–Trinajstić information content (AvgIpc) is 3.15. The fourth-order valence-electron chi connectivity index (χ4n) is 6.37. The maximum atomic E-state index is 12.8. The zero-order chi connectivity index (χ0) is 38.9. The molecule has 53 heavy (non-hydrogen) atoms. The van der Waals surface area contributed by atoms with Gasteiger partial charge in [0, 0.05) is 66.4 Å². The van der Waals surface area contributed by atoms with Crippen molar-refractivity contribution in [2.24, 2.45) is 0 Å². The topological polar surface area (TPSA) is 69.8 Å². The van der Waals surface area contributed by atoms with Crippen LogP contribution in [0, 0.1) is 0 Å². The van der Waals surface area contributed by atoms with Gasteiger partial charge in [-0.1, -0.05) is 130 Å². The lowest BCUT2D eigenvalue weighted by Gasteiger charge is -2.21. The van der Waals surface area contributed by atoms with E-state index in [0.717, 1.165) is 75.8 Å². The van der Waals surface area contributed by atoms with E-state index >= 15 is 0 Å². The third kappa shape index (κ3) is 9.71. The van der Waals surface area contributed by atoms with Crippen molar-refractivity contribution in [3.63, 3.8) is 0 Å². The molecule has 7 heteroatoms. The summed E-state index contributed by atoms with van der Waals surface area (Å²) in [5, 5.41) is 3.98. The highest BCUT2D eigenvalue weighted by Crippen LogP contribution is 2.35. The van der Waals surface area contributed by atoms with E-state index < -0.39 is 0 Å². The van der Waals surface area contributed by atoms with Gasteiger partial charge in [0.15, 0.2) is 0 Å². The van der Waals surface area contributed by atoms with Crippen molar-refractivity contribution in [3.8, 4) is 22.3 Å². The van der Waals surface area contributed by atoms with Crippen LogP contribution in [0.15, 0.2) is 101 Å². The smallest absolute Gasteiger partial charge is 0.260 e. The van der Waals surface area contributed by atoms with E-state index in [2.05, 4.69) is 102 Å². The lowest BCUT2D eigenvalue weighted by Crippen LogP contribution is -2.20. The van der Waals surface area contributed by atoms with Crippen LogP contribution < -0.4 is 11.1 Å². The number of fused-ring (bicyclic) bond motifs is 2. The van der Waals surface area contributed by atoms with Crippen molar-refractivity contribution < 1.29 is 0 Å². The molecule has 0 saturated heterocycles. The van der Waals surface area contributed by atoms with E-state index in [4.69, 9.17) is 11.6 Å². The maximum Gasteiger partial charge on any atom is 0.260 e. The standard InChI is InChI=1S/C22H25ClN2O.C22H26N2O.C2H6/c1-5-6-11-25-14-18(16-9-10-24-13-17(16)21(25)26)15-7-8-19(20(23)12-15)22(2,3)4;1-5-6-13-24-15-20(18-11-12-23-14-19(18)21(24)25)16-7-9-17(10-8-16)22(2,3)4;1-2/h7-10,12-14H,5-6,11H2,1-4H3;7-12,14-15H,5-6,13H2,1-4H3;1-2H3. The molecule has 0 aliphatic carbocycles. The summed E-state index contributed by atoms with van der Waals surface area (Å²) in [6.07, 6.45) is 14.9. The SMILES string of the molecule is CC.CCCCn1cc(-c2ccc(C(C)(C)C)c(Cl)c2)c2ccncc2c1=O.CCCCn1cc(-c2ccc(C(C)(C)C)cc2)c2ccncc2c1=O. The molecule has 6 nitrogen and oxygen atoms in total. The van der Waals surface area contributed by atoms with E-state index in [1.54, 1.807) is 29.4 Å². The summed E-state index contributed by atoms with van der Waals surface area (Å²) in [6.45, 7) is 22.8. The van der Waals surface area contributed by atoms with Crippen LogP contribution >= 0.6 is 11.6 Å². The van der Waals surface area contributed by atoms with Crippen LogP contribution in [-0.4, -0.2) is 19.1 Å². The number of halogens is 1. The van der Waals surface area contributed by atoms with Crippen LogP contribution in [-0.2, 0) is 23.9 Å². The minimum absolute atomic E-state index is 0.0124. The Balaban J connectivity index is 0.000000226. The predicted molar refractivity (Wildman–Crippen MR) is 226 cm³/mol. The maximum absolute atomic E-state index is 12.8. The molecule has 0 fully saturated rings. The number of benzene rings is 2. The minimum atomic E-state index is -0.0124. The van der Waals surface area contributed by atoms with Gasteiger partial charge in [0.05, 0.1) is 10.8 Å². The van der Waals surface area contributed by atoms with Crippen LogP contribution in [0.25, 0.3) is 43.8 Å². The second-order valence-electron chi connectivity index (χ2n) is 15.4. The largest absolute Gasteiger partial charge is 0.314 e. The average molecular weight is 733 g/mol. The normalized spacial score (nSPS) is 11.5. The van der Waals surface area contributed by atoms with Gasteiger partial charge in [0.2, 0.25) is 0 Å². The van der Waals surface area contributed by atoms with E-state index in [1.807, 2.05) is 49.0 Å². The molecule has 0 saturated carbocycles. The van der Waals surface area contributed by atoms with Crippen LogP contribution in [0.2, 0.25) is 5.02 Å². The van der Waals surface area contributed by atoms with Gasteiger partial charge >= 0.3 is 0 Å². The van der Waals surface area contributed by atoms with Crippen LogP contribution in [0.5, 0.6) is 0 Å². The Hall–Kier alpha value is -4.55. The first-order valence-electron chi connectivity index (χ1n) is 19.1. The molecule has 0 N–H and O–H groups in total. The molecule has 6 aromatic rings. The molecular formula is C46H57ClN4O2. The Morgan fingerprint density at radius 1 is 0.604 bits per heavy atom. The summed E-state index contributed by atoms with van der Waals surface area (Å²) in [5.41, 5.74) is 6.86. The molecule has 0 bridgehead atoms. The Morgan fingerprint density at radius 2 is 1.06 bits per heavy atom. The Bertz CT molecular complexity index is 2250. The van der Waals surface area contributed by atoms with Gasteiger partial charge < -0.3 is 9.13 Å². The molecule has 0 spiro atoms. The lowest BCUT2D eigenvalue weighted by atomic mass is 9.86. The fraction of sp³-hybridized carbons (Fsp3) is 0.391. The highest BCUT2D eigenvalue weighted by Gasteiger charge is 2.19. The zero-order valence-electron chi connectivity index (χ0n) is 33.4.